The molecule has 1 heterocycles. The number of fused-ring (bicyclic) bond motifs is 1. The van der Waals surface area contributed by atoms with Crippen LogP contribution in [0.2, 0.25) is 0 Å². The van der Waals surface area contributed by atoms with E-state index in [1.807, 2.05) is 0 Å². The van der Waals surface area contributed by atoms with Crippen LogP contribution in [0, 0.1) is 0 Å². The van der Waals surface area contributed by atoms with E-state index in [2.05, 4.69) is 27.1 Å². The van der Waals surface area contributed by atoms with Gasteiger partial charge in [0, 0.05) is 12.8 Å². The summed E-state index contributed by atoms with van der Waals surface area (Å²) in [4.78, 5) is 0. The van der Waals surface area contributed by atoms with Crippen molar-refractivity contribution in [1.82, 2.24) is 10.3 Å². The summed E-state index contributed by atoms with van der Waals surface area (Å²) in [6.45, 7) is 0. The first kappa shape index (κ1) is 4.73. The Hall–Kier alpha value is -1.12. The first-order chi connectivity index (χ1) is 4.47. The lowest BCUT2D eigenvalue weighted by atomic mass is 10.1. The molecule has 0 aromatic carbocycles. The van der Waals surface area contributed by atoms with Gasteiger partial charge in [-0.2, -0.15) is 0 Å². The second-order valence-corrected chi connectivity index (χ2v) is 2.04. The Morgan fingerprint density at radius 2 is 1.67 bits per heavy atom. The van der Waals surface area contributed by atoms with Gasteiger partial charge in [-0.25, -0.2) is 4.63 Å². The van der Waals surface area contributed by atoms with Crippen molar-refractivity contribution in [3.63, 3.8) is 0 Å². The average molecular weight is 122 g/mol. The van der Waals surface area contributed by atoms with Crippen LogP contribution in [0.5, 0.6) is 0 Å². The van der Waals surface area contributed by atoms with Crippen LogP contribution in [0.3, 0.4) is 0 Å². The summed E-state index contributed by atoms with van der Waals surface area (Å²) in [5.41, 5.74) is 1.97. The van der Waals surface area contributed by atoms with E-state index in [4.69, 9.17) is 0 Å². The molecule has 0 saturated heterocycles. The number of allylic oxidation sites excluding steroid dienone is 2. The molecular weight excluding hydrogens is 116 g/mol. The van der Waals surface area contributed by atoms with Crippen molar-refractivity contribution in [2.75, 3.05) is 0 Å². The van der Waals surface area contributed by atoms with E-state index in [1.165, 1.54) is 0 Å². The Kier molecular flexibility index (Phi) is 0.886. The van der Waals surface area contributed by atoms with Crippen LogP contribution in [0.1, 0.15) is 11.4 Å². The molecule has 1 aromatic heterocycles. The van der Waals surface area contributed by atoms with Crippen LogP contribution in [0.15, 0.2) is 16.8 Å². The Morgan fingerprint density at radius 1 is 1.11 bits per heavy atom. The van der Waals surface area contributed by atoms with E-state index in [0.717, 1.165) is 24.2 Å². The molecule has 0 radical (unpaired) electrons. The van der Waals surface area contributed by atoms with Gasteiger partial charge in [0.25, 0.3) is 0 Å². The molecule has 3 nitrogen and oxygen atoms in total. The van der Waals surface area contributed by atoms with Gasteiger partial charge < -0.3 is 0 Å². The second kappa shape index (κ2) is 1.69. The summed E-state index contributed by atoms with van der Waals surface area (Å²) in [6, 6.07) is 0. The third kappa shape index (κ3) is 0.650. The van der Waals surface area contributed by atoms with Crippen LogP contribution < -0.4 is 0 Å². The smallest absolute Gasteiger partial charge is 0.112 e. The topological polar surface area (TPSA) is 38.9 Å². The quantitative estimate of drug-likeness (QED) is 0.476. The summed E-state index contributed by atoms with van der Waals surface area (Å²) in [6.07, 6.45) is 5.90. The minimum atomic E-state index is 0.874. The van der Waals surface area contributed by atoms with Gasteiger partial charge in [-0.05, 0) is 0 Å². The summed E-state index contributed by atoms with van der Waals surface area (Å²) in [5, 5.41) is 7.44. The Morgan fingerprint density at radius 3 is 2.22 bits per heavy atom. The SMILES string of the molecule is C1=CCc2nonc2C1. The minimum absolute atomic E-state index is 0.874. The van der Waals surface area contributed by atoms with Crippen molar-refractivity contribution in [2.24, 2.45) is 0 Å². The monoisotopic (exact) mass is 122 g/mol. The summed E-state index contributed by atoms with van der Waals surface area (Å²) in [5.74, 6) is 0. The van der Waals surface area contributed by atoms with Crippen molar-refractivity contribution >= 4 is 0 Å². The van der Waals surface area contributed by atoms with E-state index in [0.29, 0.717) is 0 Å². The Labute approximate surface area is 52.3 Å². The molecule has 1 aliphatic rings. The zero-order chi connectivity index (χ0) is 6.10. The van der Waals surface area contributed by atoms with Gasteiger partial charge in [0.1, 0.15) is 11.4 Å². The molecule has 0 atom stereocenters. The average Bonchev–Trinajstić information content (AvgIpc) is 2.33. The first-order valence-corrected chi connectivity index (χ1v) is 2.92. The molecule has 0 fully saturated rings. The number of aromatic nitrogens is 2. The third-order valence-corrected chi connectivity index (χ3v) is 1.42. The molecule has 0 aliphatic heterocycles. The Bertz CT molecular complexity index is 216. The van der Waals surface area contributed by atoms with Crippen molar-refractivity contribution < 1.29 is 4.63 Å². The molecule has 2 rings (SSSR count). The van der Waals surface area contributed by atoms with Gasteiger partial charge in [-0.1, -0.05) is 22.5 Å². The summed E-state index contributed by atoms with van der Waals surface area (Å²) in [7, 11) is 0. The second-order valence-electron chi connectivity index (χ2n) is 2.04. The standard InChI is InChI=1S/C6H6N2O/c1-2-4-6-5(3-1)7-9-8-6/h1-2H,3-4H2. The van der Waals surface area contributed by atoms with Gasteiger partial charge >= 0.3 is 0 Å². The zero-order valence-electron chi connectivity index (χ0n) is 4.87. The number of hydrogen-bond acceptors (Lipinski definition) is 3. The maximum atomic E-state index is 4.53. The highest BCUT2D eigenvalue weighted by molar-refractivity contribution is 5.19. The predicted molar refractivity (Wildman–Crippen MR) is 30.8 cm³/mol. The maximum Gasteiger partial charge on any atom is 0.112 e. The van der Waals surface area contributed by atoms with Crippen molar-refractivity contribution in [1.29, 1.82) is 0 Å². The van der Waals surface area contributed by atoms with Crippen LogP contribution in [0.25, 0.3) is 0 Å². The molecule has 1 aromatic rings. The van der Waals surface area contributed by atoms with Crippen molar-refractivity contribution in [3.8, 4) is 0 Å². The fourth-order valence-corrected chi connectivity index (χ4v) is 0.924. The van der Waals surface area contributed by atoms with Gasteiger partial charge in [-0.15, -0.1) is 0 Å². The van der Waals surface area contributed by atoms with Crippen molar-refractivity contribution in [2.45, 2.75) is 12.8 Å². The maximum absolute atomic E-state index is 4.53. The van der Waals surface area contributed by atoms with E-state index >= 15 is 0 Å². The van der Waals surface area contributed by atoms with Gasteiger partial charge in [0.15, 0.2) is 0 Å². The number of nitrogens with zero attached hydrogens (tertiary/aromatic N) is 2. The fraction of sp³-hybridized carbons (Fsp3) is 0.333. The van der Waals surface area contributed by atoms with Crippen LogP contribution in [0.4, 0.5) is 0 Å². The van der Waals surface area contributed by atoms with Gasteiger partial charge in [-0.3, -0.25) is 0 Å². The lowest BCUT2D eigenvalue weighted by Crippen LogP contribution is -1.94. The van der Waals surface area contributed by atoms with E-state index in [9.17, 15) is 0 Å². The van der Waals surface area contributed by atoms with Crippen LogP contribution in [-0.4, -0.2) is 10.3 Å². The predicted octanol–water partition coefficient (Wildman–Crippen LogP) is 0.724. The highest BCUT2D eigenvalue weighted by atomic mass is 16.6. The molecule has 9 heavy (non-hydrogen) atoms. The number of rotatable bonds is 0. The molecule has 0 spiro atoms. The van der Waals surface area contributed by atoms with E-state index < -0.39 is 0 Å². The zero-order valence-corrected chi connectivity index (χ0v) is 4.87. The molecular formula is C6H6N2O. The first-order valence-electron chi connectivity index (χ1n) is 2.92. The largest absolute Gasteiger partial charge is 0.244 e. The highest BCUT2D eigenvalue weighted by Gasteiger charge is 2.09. The third-order valence-electron chi connectivity index (χ3n) is 1.42. The van der Waals surface area contributed by atoms with Crippen molar-refractivity contribution in [3.05, 3.63) is 23.5 Å². The molecule has 1 aliphatic carbocycles. The molecule has 3 heteroatoms. The fourth-order valence-electron chi connectivity index (χ4n) is 0.924. The summed E-state index contributed by atoms with van der Waals surface area (Å²) >= 11 is 0. The van der Waals surface area contributed by atoms with E-state index in [1.54, 1.807) is 0 Å². The normalized spacial score (nSPS) is 15.6. The lowest BCUT2D eigenvalue weighted by molar-refractivity contribution is 0.301. The minimum Gasteiger partial charge on any atom is -0.244 e. The highest BCUT2D eigenvalue weighted by Crippen LogP contribution is 2.10. The molecule has 0 N–H and O–H groups in total. The van der Waals surface area contributed by atoms with Gasteiger partial charge in [0.2, 0.25) is 0 Å². The Balaban J connectivity index is 2.46. The van der Waals surface area contributed by atoms with E-state index in [-0.39, 0.29) is 0 Å². The lowest BCUT2D eigenvalue weighted by Gasteiger charge is -1.95. The molecule has 0 saturated carbocycles. The van der Waals surface area contributed by atoms with Gasteiger partial charge in [0.05, 0.1) is 0 Å². The van der Waals surface area contributed by atoms with Crippen LogP contribution in [-0.2, 0) is 12.8 Å². The summed E-state index contributed by atoms with van der Waals surface area (Å²) < 4.78 is 4.53. The van der Waals surface area contributed by atoms with Crippen LogP contribution >= 0.6 is 0 Å². The molecule has 0 amide bonds. The molecule has 46 valence electrons. The molecule has 0 unspecified atom stereocenters. The number of hydrogen-bond donors (Lipinski definition) is 0. The molecule has 0 bridgehead atoms.